The number of hydrogen-bond acceptors (Lipinski definition) is 4. The highest BCUT2D eigenvalue weighted by molar-refractivity contribution is 7.13. The molecule has 21 heavy (non-hydrogen) atoms. The summed E-state index contributed by atoms with van der Waals surface area (Å²) >= 11 is 1.43. The van der Waals surface area contributed by atoms with Crippen LogP contribution in [0.2, 0.25) is 0 Å². The summed E-state index contributed by atoms with van der Waals surface area (Å²) in [6.07, 6.45) is 0. The van der Waals surface area contributed by atoms with Gasteiger partial charge in [-0.15, -0.1) is 11.3 Å². The quantitative estimate of drug-likeness (QED) is 0.779. The van der Waals surface area contributed by atoms with Crippen molar-refractivity contribution in [1.82, 2.24) is 4.98 Å². The minimum absolute atomic E-state index is 0.0690. The summed E-state index contributed by atoms with van der Waals surface area (Å²) < 4.78 is 5.82. The molecule has 4 heteroatoms. The van der Waals surface area contributed by atoms with E-state index in [0.717, 1.165) is 26.9 Å². The van der Waals surface area contributed by atoms with E-state index in [4.69, 9.17) is 4.74 Å². The Morgan fingerprint density at radius 3 is 2.48 bits per heavy atom. The lowest BCUT2D eigenvalue weighted by Gasteiger charge is -2.16. The van der Waals surface area contributed by atoms with Crippen LogP contribution in [0.25, 0.3) is 0 Å². The van der Waals surface area contributed by atoms with Crippen LogP contribution in [-0.2, 0) is 12.0 Å². The van der Waals surface area contributed by atoms with E-state index in [2.05, 4.69) is 25.8 Å². The van der Waals surface area contributed by atoms with Crippen LogP contribution in [0.5, 0.6) is 5.75 Å². The lowest BCUT2D eigenvalue weighted by molar-refractivity contribution is 0.101. The number of aromatic nitrogens is 1. The summed E-state index contributed by atoms with van der Waals surface area (Å²) in [5.74, 6) is 0.925. The molecule has 0 bridgehead atoms. The van der Waals surface area contributed by atoms with Gasteiger partial charge in [0.05, 0.1) is 10.6 Å². The normalized spacial score (nSPS) is 11.5. The Kier molecular flexibility index (Phi) is 4.47. The van der Waals surface area contributed by atoms with Gasteiger partial charge in [-0.3, -0.25) is 4.79 Å². The van der Waals surface area contributed by atoms with E-state index in [0.29, 0.717) is 6.61 Å². The molecular formula is C17H21NO2S. The Morgan fingerprint density at radius 1 is 1.29 bits per heavy atom. The molecule has 0 radical (unpaired) electrons. The molecule has 0 fully saturated rings. The number of ketones is 1. The maximum atomic E-state index is 11.8. The highest BCUT2D eigenvalue weighted by atomic mass is 32.1. The van der Waals surface area contributed by atoms with Crippen LogP contribution in [0.4, 0.5) is 0 Å². The third-order valence-corrected chi connectivity index (χ3v) is 4.28. The van der Waals surface area contributed by atoms with Gasteiger partial charge in [-0.1, -0.05) is 39.0 Å². The van der Waals surface area contributed by atoms with Crippen molar-refractivity contribution in [3.05, 3.63) is 45.4 Å². The highest BCUT2D eigenvalue weighted by Gasteiger charge is 2.25. The molecule has 0 atom stereocenters. The van der Waals surface area contributed by atoms with Crippen molar-refractivity contribution < 1.29 is 9.53 Å². The largest absolute Gasteiger partial charge is 0.486 e. The lowest BCUT2D eigenvalue weighted by Crippen LogP contribution is -2.15. The van der Waals surface area contributed by atoms with Gasteiger partial charge >= 0.3 is 0 Å². The molecule has 0 spiro atoms. The Hall–Kier alpha value is -1.68. The summed E-state index contributed by atoms with van der Waals surface area (Å²) in [6, 6.07) is 7.89. The van der Waals surface area contributed by atoms with Crippen LogP contribution in [0.3, 0.4) is 0 Å². The SMILES string of the molecule is CC(=O)c1sc(COc2ccccc2C)nc1C(C)(C)C. The van der Waals surface area contributed by atoms with Crippen molar-refractivity contribution in [3.8, 4) is 5.75 Å². The smallest absolute Gasteiger partial charge is 0.171 e. The zero-order valence-electron chi connectivity index (χ0n) is 13.2. The maximum absolute atomic E-state index is 11.8. The molecule has 0 amide bonds. The Labute approximate surface area is 130 Å². The van der Waals surface area contributed by atoms with E-state index < -0.39 is 0 Å². The third kappa shape index (κ3) is 3.70. The van der Waals surface area contributed by atoms with Gasteiger partial charge in [0.15, 0.2) is 5.78 Å². The zero-order chi connectivity index (χ0) is 15.6. The molecule has 0 aliphatic heterocycles. The number of hydrogen-bond donors (Lipinski definition) is 0. The molecule has 0 saturated carbocycles. The molecule has 0 N–H and O–H groups in total. The Balaban J connectivity index is 2.22. The molecule has 112 valence electrons. The predicted octanol–water partition coefficient (Wildman–Crippen LogP) is 4.53. The number of ether oxygens (including phenoxy) is 1. The first-order valence-corrected chi connectivity index (χ1v) is 7.80. The third-order valence-electron chi connectivity index (χ3n) is 3.15. The fourth-order valence-corrected chi connectivity index (χ4v) is 3.11. The number of aryl methyl sites for hydroxylation is 1. The molecule has 1 aromatic carbocycles. The first kappa shape index (κ1) is 15.7. The van der Waals surface area contributed by atoms with Crippen molar-refractivity contribution >= 4 is 17.1 Å². The lowest BCUT2D eigenvalue weighted by atomic mass is 9.91. The monoisotopic (exact) mass is 303 g/mol. The van der Waals surface area contributed by atoms with Gasteiger partial charge in [0, 0.05) is 12.3 Å². The predicted molar refractivity (Wildman–Crippen MR) is 86.3 cm³/mol. The van der Waals surface area contributed by atoms with Gasteiger partial charge in [-0.25, -0.2) is 4.98 Å². The van der Waals surface area contributed by atoms with E-state index in [1.807, 2.05) is 31.2 Å². The first-order valence-electron chi connectivity index (χ1n) is 6.98. The highest BCUT2D eigenvalue weighted by Crippen LogP contribution is 2.30. The van der Waals surface area contributed by atoms with Crippen molar-refractivity contribution in [2.75, 3.05) is 0 Å². The summed E-state index contributed by atoms with van der Waals surface area (Å²) in [5, 5.41) is 0.841. The van der Waals surface area contributed by atoms with Crippen molar-refractivity contribution in [2.45, 2.75) is 46.6 Å². The van der Waals surface area contributed by atoms with Crippen molar-refractivity contribution in [1.29, 1.82) is 0 Å². The number of nitrogens with zero attached hydrogens (tertiary/aromatic N) is 1. The molecular weight excluding hydrogens is 282 g/mol. The average molecular weight is 303 g/mol. The van der Waals surface area contributed by atoms with Crippen LogP contribution in [-0.4, -0.2) is 10.8 Å². The van der Waals surface area contributed by atoms with Crippen LogP contribution in [0, 0.1) is 6.92 Å². The Bertz CT molecular complexity index is 653. The van der Waals surface area contributed by atoms with E-state index in [1.54, 1.807) is 6.92 Å². The number of para-hydroxylation sites is 1. The summed E-state index contributed by atoms with van der Waals surface area (Å²) in [4.78, 5) is 17.1. The number of carbonyl (C=O) groups excluding carboxylic acids is 1. The van der Waals surface area contributed by atoms with Gasteiger partial charge in [0.2, 0.25) is 0 Å². The number of carbonyl (C=O) groups is 1. The van der Waals surface area contributed by atoms with Gasteiger partial charge < -0.3 is 4.74 Å². The van der Waals surface area contributed by atoms with Gasteiger partial charge in [0.1, 0.15) is 17.4 Å². The molecule has 0 aliphatic rings. The van der Waals surface area contributed by atoms with Crippen molar-refractivity contribution in [2.24, 2.45) is 0 Å². The standard InChI is InChI=1S/C17H21NO2S/c1-11-8-6-7-9-13(11)20-10-14-18-16(17(3,4)5)15(21-14)12(2)19/h6-9H,10H2,1-5H3. The molecule has 2 aromatic rings. The molecule has 1 aromatic heterocycles. The number of benzene rings is 1. The van der Waals surface area contributed by atoms with E-state index >= 15 is 0 Å². The van der Waals surface area contributed by atoms with Gasteiger partial charge in [0.25, 0.3) is 0 Å². The average Bonchev–Trinajstić information content (AvgIpc) is 2.82. The zero-order valence-corrected chi connectivity index (χ0v) is 14.0. The van der Waals surface area contributed by atoms with Crippen LogP contribution >= 0.6 is 11.3 Å². The van der Waals surface area contributed by atoms with Crippen LogP contribution < -0.4 is 4.74 Å². The fraction of sp³-hybridized carbons (Fsp3) is 0.412. The fourth-order valence-electron chi connectivity index (χ4n) is 2.03. The second-order valence-electron chi connectivity index (χ2n) is 6.15. The van der Waals surface area contributed by atoms with E-state index in [9.17, 15) is 4.79 Å². The Morgan fingerprint density at radius 2 is 1.95 bits per heavy atom. The van der Waals surface area contributed by atoms with Gasteiger partial charge in [-0.2, -0.15) is 0 Å². The number of rotatable bonds is 4. The number of Topliss-reactive ketones (excluding diaryl/α,β-unsaturated/α-hetero) is 1. The van der Waals surface area contributed by atoms with Crippen molar-refractivity contribution in [3.63, 3.8) is 0 Å². The molecule has 1 heterocycles. The maximum Gasteiger partial charge on any atom is 0.171 e. The molecule has 3 nitrogen and oxygen atoms in total. The van der Waals surface area contributed by atoms with E-state index in [1.165, 1.54) is 11.3 Å². The molecule has 0 aliphatic carbocycles. The minimum atomic E-state index is -0.140. The molecule has 2 rings (SSSR count). The van der Waals surface area contributed by atoms with Crippen LogP contribution in [0.15, 0.2) is 24.3 Å². The number of thiazole rings is 1. The summed E-state index contributed by atoms with van der Waals surface area (Å²) in [6.45, 7) is 10.2. The topological polar surface area (TPSA) is 39.2 Å². The first-order chi connectivity index (χ1) is 9.79. The summed E-state index contributed by atoms with van der Waals surface area (Å²) in [7, 11) is 0. The van der Waals surface area contributed by atoms with Gasteiger partial charge in [-0.05, 0) is 18.6 Å². The molecule has 0 saturated heterocycles. The van der Waals surface area contributed by atoms with E-state index in [-0.39, 0.29) is 11.2 Å². The summed E-state index contributed by atoms with van der Waals surface area (Å²) in [5.41, 5.74) is 1.82. The van der Waals surface area contributed by atoms with Crippen LogP contribution in [0.1, 0.15) is 53.6 Å². The minimum Gasteiger partial charge on any atom is -0.486 e. The molecule has 0 unspecified atom stereocenters. The second kappa shape index (κ2) is 5.98. The second-order valence-corrected chi connectivity index (χ2v) is 7.23.